The zero-order valence-electron chi connectivity index (χ0n) is 3.57. The van der Waals surface area contributed by atoms with Gasteiger partial charge in [-0.05, 0) is 0 Å². The highest BCUT2D eigenvalue weighted by atomic mass is 79.9. The number of allylic oxidation sites excluding steroid dienone is 1. The highest BCUT2D eigenvalue weighted by molar-refractivity contribution is 9.12. The minimum Gasteiger partial charge on any atom is -0.0933 e. The summed E-state index contributed by atoms with van der Waals surface area (Å²) in [6.45, 7) is 0. The summed E-state index contributed by atoms with van der Waals surface area (Å²) < 4.78 is 0. The van der Waals surface area contributed by atoms with Crippen LogP contribution >= 0.6 is 43.5 Å². The highest BCUT2D eigenvalue weighted by Crippen LogP contribution is 2.04. The van der Waals surface area contributed by atoms with E-state index in [1.165, 1.54) is 5.54 Å². The van der Waals surface area contributed by atoms with Crippen LogP contribution in [0.1, 0.15) is 0 Å². The Hall–Kier alpha value is 0.990. The molecule has 0 aliphatic carbocycles. The van der Waals surface area contributed by atoms with Crippen molar-refractivity contribution >= 4 is 43.5 Å². The molecule has 0 bridgehead atoms. The van der Waals surface area contributed by atoms with Crippen LogP contribution in [-0.4, -0.2) is 10.2 Å². The Kier molecular flexibility index (Phi) is 5.86. The Labute approximate surface area is 65.2 Å². The Morgan fingerprint density at radius 2 is 2.29 bits per heavy atom. The normalized spacial score (nSPS) is 15.3. The molecule has 0 radical (unpaired) electrons. The molecule has 0 heterocycles. The Morgan fingerprint density at radius 3 is 2.43 bits per heavy atom. The molecule has 0 aromatic rings. The first kappa shape index (κ1) is 7.99. The summed E-state index contributed by atoms with van der Waals surface area (Å²) in [7, 11) is 0. The van der Waals surface area contributed by atoms with Crippen molar-refractivity contribution in [2.45, 2.75) is 4.83 Å². The van der Waals surface area contributed by atoms with E-state index in [9.17, 15) is 0 Å². The van der Waals surface area contributed by atoms with Gasteiger partial charge in [0.15, 0.2) is 0 Å². The lowest BCUT2D eigenvalue weighted by Gasteiger charge is -1.91. The Balaban J connectivity index is 3.16. The SMILES string of the molecule is Cl/C=C/C(Br)CBr. The molecule has 1 atom stereocenters. The molecule has 0 rings (SSSR count). The summed E-state index contributed by atoms with van der Waals surface area (Å²) in [6, 6.07) is 0. The molecular formula is C4H5Br2Cl. The molecular weight excluding hydrogens is 243 g/mol. The van der Waals surface area contributed by atoms with E-state index in [4.69, 9.17) is 11.6 Å². The molecule has 0 aliphatic heterocycles. The van der Waals surface area contributed by atoms with Crippen LogP contribution in [0.25, 0.3) is 0 Å². The fraction of sp³-hybridized carbons (Fsp3) is 0.500. The van der Waals surface area contributed by atoms with E-state index in [1.807, 2.05) is 6.08 Å². The predicted octanol–water partition coefficient (Wildman–Crippen LogP) is 2.90. The molecule has 0 spiro atoms. The maximum absolute atomic E-state index is 5.24. The van der Waals surface area contributed by atoms with E-state index in [1.54, 1.807) is 0 Å². The molecule has 1 unspecified atom stereocenters. The fourth-order valence-corrected chi connectivity index (χ4v) is 0.850. The summed E-state index contributed by atoms with van der Waals surface area (Å²) in [6.07, 6.45) is 1.86. The number of rotatable bonds is 2. The second-order valence-electron chi connectivity index (χ2n) is 0.989. The molecule has 3 heteroatoms. The van der Waals surface area contributed by atoms with E-state index < -0.39 is 0 Å². The number of hydrogen-bond donors (Lipinski definition) is 0. The second-order valence-corrected chi connectivity index (χ2v) is 3.06. The van der Waals surface area contributed by atoms with Crippen LogP contribution in [-0.2, 0) is 0 Å². The molecule has 0 fully saturated rings. The van der Waals surface area contributed by atoms with E-state index >= 15 is 0 Å². The summed E-state index contributed by atoms with van der Waals surface area (Å²) in [5.41, 5.74) is 1.50. The lowest BCUT2D eigenvalue weighted by molar-refractivity contribution is 1.32. The van der Waals surface area contributed by atoms with Crippen LogP contribution in [0.3, 0.4) is 0 Å². The lowest BCUT2D eigenvalue weighted by atomic mass is 10.5. The molecule has 0 aliphatic rings. The molecule has 7 heavy (non-hydrogen) atoms. The number of hydrogen-bond acceptors (Lipinski definition) is 0. The van der Waals surface area contributed by atoms with Crippen molar-refractivity contribution in [3.63, 3.8) is 0 Å². The minimum atomic E-state index is 0.366. The summed E-state index contributed by atoms with van der Waals surface area (Å²) >= 11 is 11.8. The first-order valence-corrected chi connectivity index (χ1v) is 4.25. The largest absolute Gasteiger partial charge is 0.0933 e. The Morgan fingerprint density at radius 1 is 1.71 bits per heavy atom. The summed E-state index contributed by atoms with van der Waals surface area (Å²) in [5, 5.41) is 0.899. The van der Waals surface area contributed by atoms with E-state index in [0.717, 1.165) is 5.33 Å². The van der Waals surface area contributed by atoms with Crippen molar-refractivity contribution in [2.75, 3.05) is 5.33 Å². The maximum atomic E-state index is 5.24. The quantitative estimate of drug-likeness (QED) is 0.659. The molecule has 0 amide bonds. The van der Waals surface area contributed by atoms with Gasteiger partial charge in [0, 0.05) is 15.7 Å². The van der Waals surface area contributed by atoms with Gasteiger partial charge in [-0.3, -0.25) is 0 Å². The van der Waals surface area contributed by atoms with Gasteiger partial charge in [-0.25, -0.2) is 0 Å². The van der Waals surface area contributed by atoms with Gasteiger partial charge in [0.1, 0.15) is 0 Å². The van der Waals surface area contributed by atoms with Crippen molar-refractivity contribution in [3.8, 4) is 0 Å². The van der Waals surface area contributed by atoms with Crippen LogP contribution in [0.15, 0.2) is 11.6 Å². The standard InChI is InChI=1S/C4H5Br2Cl/c5-3-4(6)1-2-7/h1-2,4H,3H2/b2-1+. The number of halogens is 3. The first-order chi connectivity index (χ1) is 3.31. The van der Waals surface area contributed by atoms with Gasteiger partial charge in [0.2, 0.25) is 0 Å². The lowest BCUT2D eigenvalue weighted by Crippen LogP contribution is -1.89. The van der Waals surface area contributed by atoms with Crippen LogP contribution in [0.4, 0.5) is 0 Å². The van der Waals surface area contributed by atoms with E-state index in [-0.39, 0.29) is 0 Å². The number of alkyl halides is 2. The zero-order valence-corrected chi connectivity index (χ0v) is 7.50. The van der Waals surface area contributed by atoms with Crippen molar-refractivity contribution < 1.29 is 0 Å². The van der Waals surface area contributed by atoms with Crippen molar-refractivity contribution in [3.05, 3.63) is 11.6 Å². The van der Waals surface area contributed by atoms with Gasteiger partial charge in [-0.15, -0.1) is 0 Å². The van der Waals surface area contributed by atoms with Gasteiger partial charge in [0.05, 0.1) is 0 Å². The van der Waals surface area contributed by atoms with Crippen LogP contribution < -0.4 is 0 Å². The van der Waals surface area contributed by atoms with Gasteiger partial charge >= 0.3 is 0 Å². The van der Waals surface area contributed by atoms with E-state index in [2.05, 4.69) is 31.9 Å². The van der Waals surface area contributed by atoms with Crippen molar-refractivity contribution in [2.24, 2.45) is 0 Å². The average molecular weight is 248 g/mol. The molecule has 0 saturated heterocycles. The van der Waals surface area contributed by atoms with Gasteiger partial charge in [-0.2, -0.15) is 0 Å². The zero-order chi connectivity index (χ0) is 5.70. The van der Waals surface area contributed by atoms with Crippen molar-refractivity contribution in [1.82, 2.24) is 0 Å². The predicted molar refractivity (Wildman–Crippen MR) is 41.5 cm³/mol. The smallest absolute Gasteiger partial charge is 0.0433 e. The third-order valence-electron chi connectivity index (χ3n) is 0.429. The van der Waals surface area contributed by atoms with E-state index in [0.29, 0.717) is 4.83 Å². The monoisotopic (exact) mass is 246 g/mol. The van der Waals surface area contributed by atoms with Crippen LogP contribution in [0, 0.1) is 0 Å². The first-order valence-electron chi connectivity index (χ1n) is 1.78. The van der Waals surface area contributed by atoms with Gasteiger partial charge in [-0.1, -0.05) is 49.5 Å². The Bertz CT molecular complexity index is 62.7. The second kappa shape index (κ2) is 5.13. The maximum Gasteiger partial charge on any atom is 0.0433 e. The molecule has 0 aromatic carbocycles. The highest BCUT2D eigenvalue weighted by Gasteiger charge is 1.90. The molecule has 0 N–H and O–H groups in total. The van der Waals surface area contributed by atoms with Gasteiger partial charge < -0.3 is 0 Å². The van der Waals surface area contributed by atoms with Gasteiger partial charge in [0.25, 0.3) is 0 Å². The van der Waals surface area contributed by atoms with Crippen LogP contribution in [0.5, 0.6) is 0 Å². The third kappa shape index (κ3) is 4.85. The average Bonchev–Trinajstić information content (AvgIpc) is 1.68. The molecule has 0 aromatic heterocycles. The molecule has 42 valence electrons. The third-order valence-corrected chi connectivity index (χ3v) is 2.77. The molecule has 0 saturated carbocycles. The van der Waals surface area contributed by atoms with Crippen molar-refractivity contribution in [1.29, 1.82) is 0 Å². The minimum absolute atomic E-state index is 0.366. The molecule has 0 nitrogen and oxygen atoms in total. The summed E-state index contributed by atoms with van der Waals surface area (Å²) in [5.74, 6) is 0. The topological polar surface area (TPSA) is 0 Å². The van der Waals surface area contributed by atoms with Crippen LogP contribution in [0.2, 0.25) is 0 Å². The summed E-state index contributed by atoms with van der Waals surface area (Å²) in [4.78, 5) is 0.366. The fourth-order valence-electron chi connectivity index (χ4n) is 0.130.